The number of ether oxygens (including phenoxy) is 2. The van der Waals surface area contributed by atoms with Crippen molar-refractivity contribution in [2.24, 2.45) is 5.41 Å². The van der Waals surface area contributed by atoms with Gasteiger partial charge in [-0.25, -0.2) is 0 Å². The van der Waals surface area contributed by atoms with E-state index in [4.69, 9.17) is 9.47 Å². The molecule has 0 N–H and O–H groups in total. The fraction of sp³-hybridized carbons (Fsp3) is 0.765. The summed E-state index contributed by atoms with van der Waals surface area (Å²) < 4.78 is 11.7. The second-order valence-corrected chi connectivity index (χ2v) is 6.14. The smallest absolute Gasteiger partial charge is 0.162 e. The maximum Gasteiger partial charge on any atom is 0.162 e. The van der Waals surface area contributed by atoms with Gasteiger partial charge < -0.3 is 9.47 Å². The molecule has 0 amide bonds. The Morgan fingerprint density at radius 3 is 2.32 bits per heavy atom. The third kappa shape index (κ3) is 5.92. The van der Waals surface area contributed by atoms with Crippen LogP contribution in [-0.4, -0.2) is 19.0 Å². The van der Waals surface area contributed by atoms with Crippen molar-refractivity contribution in [2.75, 3.05) is 13.2 Å². The van der Waals surface area contributed by atoms with Crippen molar-refractivity contribution < 1.29 is 9.47 Å². The molecule has 110 valence electrons. The van der Waals surface area contributed by atoms with Crippen molar-refractivity contribution >= 4 is 0 Å². The Balaban J connectivity index is 2.42. The molecule has 0 saturated carbocycles. The van der Waals surface area contributed by atoms with Crippen LogP contribution in [0.4, 0.5) is 0 Å². The van der Waals surface area contributed by atoms with Crippen molar-refractivity contribution in [1.82, 2.24) is 0 Å². The largest absolute Gasteiger partial charge is 0.350 e. The molecule has 1 heterocycles. The summed E-state index contributed by atoms with van der Waals surface area (Å²) >= 11 is 0. The Hall–Kier alpha value is -0.600. The van der Waals surface area contributed by atoms with Gasteiger partial charge in [-0.15, -0.1) is 6.58 Å². The summed E-state index contributed by atoms with van der Waals surface area (Å²) in [6.07, 6.45) is 13.6. The van der Waals surface area contributed by atoms with Gasteiger partial charge in [0, 0.05) is 5.41 Å². The minimum absolute atomic E-state index is 0.0819. The van der Waals surface area contributed by atoms with E-state index in [1.54, 1.807) is 0 Å². The number of allylic oxidation sites excluding steroid dienone is 3. The zero-order valence-corrected chi connectivity index (χ0v) is 12.9. The Bertz CT molecular complexity index is 282. The molecule has 0 aromatic heterocycles. The summed E-state index contributed by atoms with van der Waals surface area (Å²) in [6.45, 7) is 11.6. The second kappa shape index (κ2) is 7.86. The van der Waals surface area contributed by atoms with E-state index in [0.717, 1.165) is 26.1 Å². The SMILES string of the molecule is C=CCC1(C/C=C/CCCCC)COC(C)(C)OC1. The molecule has 0 aromatic carbocycles. The van der Waals surface area contributed by atoms with Crippen molar-refractivity contribution in [2.45, 2.75) is 65.1 Å². The molecule has 19 heavy (non-hydrogen) atoms. The van der Waals surface area contributed by atoms with E-state index in [1.807, 2.05) is 19.9 Å². The second-order valence-electron chi connectivity index (χ2n) is 6.14. The zero-order valence-electron chi connectivity index (χ0n) is 12.9. The maximum absolute atomic E-state index is 5.83. The number of unbranched alkanes of at least 4 members (excludes halogenated alkanes) is 3. The number of hydrogen-bond donors (Lipinski definition) is 0. The lowest BCUT2D eigenvalue weighted by molar-refractivity contribution is -0.284. The third-order valence-electron chi connectivity index (χ3n) is 3.72. The summed E-state index contributed by atoms with van der Waals surface area (Å²) in [5.74, 6) is -0.435. The Kier molecular flexibility index (Phi) is 6.81. The average Bonchev–Trinajstić information content (AvgIpc) is 2.38. The molecule has 0 unspecified atom stereocenters. The van der Waals surface area contributed by atoms with Gasteiger partial charge in [-0.05, 0) is 39.5 Å². The summed E-state index contributed by atoms with van der Waals surface area (Å²) in [4.78, 5) is 0. The maximum atomic E-state index is 5.83. The quantitative estimate of drug-likeness (QED) is 0.461. The first-order valence-electron chi connectivity index (χ1n) is 7.57. The predicted molar refractivity (Wildman–Crippen MR) is 81.1 cm³/mol. The van der Waals surface area contributed by atoms with Crippen LogP contribution in [0.1, 0.15) is 59.3 Å². The number of rotatable bonds is 8. The van der Waals surface area contributed by atoms with E-state index < -0.39 is 5.79 Å². The fourth-order valence-electron chi connectivity index (χ4n) is 2.33. The lowest BCUT2D eigenvalue weighted by atomic mass is 9.81. The first-order chi connectivity index (χ1) is 9.04. The van der Waals surface area contributed by atoms with Crippen molar-refractivity contribution in [3.63, 3.8) is 0 Å². The van der Waals surface area contributed by atoms with Crippen LogP contribution in [0, 0.1) is 5.41 Å². The topological polar surface area (TPSA) is 18.5 Å². The number of hydrogen-bond acceptors (Lipinski definition) is 2. The van der Waals surface area contributed by atoms with Crippen LogP contribution in [-0.2, 0) is 9.47 Å². The molecule has 2 heteroatoms. The fourth-order valence-corrected chi connectivity index (χ4v) is 2.33. The standard InChI is InChI=1S/C17H30O2/c1-5-7-8-9-10-11-13-17(12-6-2)14-18-16(3,4)19-15-17/h6,10-11H,2,5,7-9,12-15H2,1,3-4H3/b11-10+. The highest BCUT2D eigenvalue weighted by molar-refractivity contribution is 4.96. The van der Waals surface area contributed by atoms with E-state index in [0.29, 0.717) is 0 Å². The summed E-state index contributed by atoms with van der Waals surface area (Å²) in [5, 5.41) is 0. The minimum atomic E-state index is -0.435. The highest BCUT2D eigenvalue weighted by Gasteiger charge is 2.38. The zero-order chi connectivity index (χ0) is 14.2. The Labute approximate surface area is 118 Å². The molecule has 0 spiro atoms. The van der Waals surface area contributed by atoms with Crippen LogP contribution >= 0.6 is 0 Å². The van der Waals surface area contributed by atoms with Crippen molar-refractivity contribution in [3.8, 4) is 0 Å². The van der Waals surface area contributed by atoms with E-state index in [1.165, 1.54) is 25.7 Å². The first kappa shape index (κ1) is 16.5. The summed E-state index contributed by atoms with van der Waals surface area (Å²) in [5.41, 5.74) is 0.0819. The van der Waals surface area contributed by atoms with Crippen molar-refractivity contribution in [1.29, 1.82) is 0 Å². The van der Waals surface area contributed by atoms with Gasteiger partial charge in [0.25, 0.3) is 0 Å². The normalized spacial score (nSPS) is 21.6. The van der Waals surface area contributed by atoms with Gasteiger partial charge in [-0.2, -0.15) is 0 Å². The van der Waals surface area contributed by atoms with Gasteiger partial charge in [0.2, 0.25) is 0 Å². The van der Waals surface area contributed by atoms with Crippen LogP contribution in [0.25, 0.3) is 0 Å². The molecule has 1 fully saturated rings. The Morgan fingerprint density at radius 2 is 1.74 bits per heavy atom. The lowest BCUT2D eigenvalue weighted by Crippen LogP contribution is -2.46. The third-order valence-corrected chi connectivity index (χ3v) is 3.72. The van der Waals surface area contributed by atoms with Crippen LogP contribution in [0.15, 0.2) is 24.8 Å². The minimum Gasteiger partial charge on any atom is -0.350 e. The van der Waals surface area contributed by atoms with Crippen LogP contribution in [0.2, 0.25) is 0 Å². The van der Waals surface area contributed by atoms with E-state index >= 15 is 0 Å². The monoisotopic (exact) mass is 266 g/mol. The van der Waals surface area contributed by atoms with E-state index in [9.17, 15) is 0 Å². The van der Waals surface area contributed by atoms with Crippen LogP contribution in [0.5, 0.6) is 0 Å². The van der Waals surface area contributed by atoms with Crippen LogP contribution in [0.3, 0.4) is 0 Å². The molecule has 0 radical (unpaired) electrons. The molecule has 1 saturated heterocycles. The molecule has 1 rings (SSSR count). The molecule has 0 aliphatic carbocycles. The van der Waals surface area contributed by atoms with E-state index in [2.05, 4.69) is 25.7 Å². The lowest BCUT2D eigenvalue weighted by Gasteiger charge is -2.42. The molecule has 2 nitrogen and oxygen atoms in total. The van der Waals surface area contributed by atoms with Gasteiger partial charge in [0.15, 0.2) is 5.79 Å². The first-order valence-corrected chi connectivity index (χ1v) is 7.57. The molecule has 0 bridgehead atoms. The Morgan fingerprint density at radius 1 is 1.05 bits per heavy atom. The summed E-state index contributed by atoms with van der Waals surface area (Å²) in [6, 6.07) is 0. The van der Waals surface area contributed by atoms with Gasteiger partial charge in [0.1, 0.15) is 0 Å². The average molecular weight is 266 g/mol. The molecule has 0 atom stereocenters. The van der Waals surface area contributed by atoms with Crippen molar-refractivity contribution in [3.05, 3.63) is 24.8 Å². The molecular formula is C17H30O2. The molecule has 0 aromatic rings. The summed E-state index contributed by atoms with van der Waals surface area (Å²) in [7, 11) is 0. The molecule has 1 aliphatic heterocycles. The van der Waals surface area contributed by atoms with Crippen LogP contribution < -0.4 is 0 Å². The van der Waals surface area contributed by atoms with Gasteiger partial charge in [-0.1, -0.05) is 38.0 Å². The van der Waals surface area contributed by atoms with E-state index in [-0.39, 0.29) is 5.41 Å². The van der Waals surface area contributed by atoms with Gasteiger partial charge >= 0.3 is 0 Å². The highest BCUT2D eigenvalue weighted by atomic mass is 16.7. The molecule has 1 aliphatic rings. The predicted octanol–water partition coefficient (Wildman–Crippen LogP) is 4.86. The highest BCUT2D eigenvalue weighted by Crippen LogP contribution is 2.36. The van der Waals surface area contributed by atoms with Gasteiger partial charge in [0.05, 0.1) is 13.2 Å². The van der Waals surface area contributed by atoms with Gasteiger partial charge in [-0.3, -0.25) is 0 Å². The molecular weight excluding hydrogens is 236 g/mol.